The summed E-state index contributed by atoms with van der Waals surface area (Å²) in [7, 11) is 1.61. The van der Waals surface area contributed by atoms with Crippen molar-refractivity contribution in [3.63, 3.8) is 0 Å². The van der Waals surface area contributed by atoms with Crippen LogP contribution in [0.5, 0.6) is 5.75 Å². The van der Waals surface area contributed by atoms with Gasteiger partial charge in [-0.25, -0.2) is 4.79 Å². The molecule has 1 atom stereocenters. The maximum absolute atomic E-state index is 14.0. The van der Waals surface area contributed by atoms with Crippen molar-refractivity contribution in [1.29, 1.82) is 0 Å². The number of benzene rings is 2. The number of nitrogens with one attached hydrogen (secondary N) is 1. The van der Waals surface area contributed by atoms with Crippen LogP contribution in [-0.2, 0) is 21.6 Å². The molecule has 0 bridgehead atoms. The average molecular weight is 454 g/mol. The number of hydrogen-bond acceptors (Lipinski definition) is 4. The number of ether oxygens (including phenoxy) is 1. The third-order valence-corrected chi connectivity index (χ3v) is 7.55. The Bertz CT molecular complexity index is 1030. The first kappa shape index (κ1) is 22.5. The molecule has 7 heteroatoms. The minimum atomic E-state index is -1.06. The Morgan fingerprint density at radius 2 is 1.91 bits per heavy atom. The summed E-state index contributed by atoms with van der Waals surface area (Å²) in [5, 5.41) is 2.88. The third kappa shape index (κ3) is 3.62. The summed E-state index contributed by atoms with van der Waals surface area (Å²) in [4.78, 5) is 29.3. The van der Waals surface area contributed by atoms with Crippen LogP contribution in [0.25, 0.3) is 0 Å². The van der Waals surface area contributed by atoms with E-state index in [1.54, 1.807) is 12.0 Å². The number of amides is 3. The fourth-order valence-corrected chi connectivity index (χ4v) is 5.87. The Morgan fingerprint density at radius 3 is 2.53 bits per heavy atom. The largest absolute Gasteiger partial charge is 0.497 e. The zero-order valence-corrected chi connectivity index (χ0v) is 20.2. The molecular formula is C25H31N3O3S. The molecule has 0 radical (unpaired) electrons. The average Bonchev–Trinajstić information content (AvgIpc) is 3.31. The van der Waals surface area contributed by atoms with Crippen LogP contribution in [0, 0.1) is 0 Å². The quantitative estimate of drug-likeness (QED) is 0.742. The Labute approximate surface area is 194 Å². The first-order valence-corrected chi connectivity index (χ1v) is 12.0. The number of fused-ring (bicyclic) bond motifs is 2. The normalized spacial score (nSPS) is 20.1. The van der Waals surface area contributed by atoms with E-state index in [9.17, 15) is 9.59 Å². The van der Waals surface area contributed by atoms with Gasteiger partial charge in [0.1, 0.15) is 5.75 Å². The molecule has 1 spiro atoms. The summed E-state index contributed by atoms with van der Waals surface area (Å²) in [6.45, 7) is 9.93. The molecule has 2 heterocycles. The van der Waals surface area contributed by atoms with Gasteiger partial charge < -0.3 is 15.0 Å². The molecule has 0 aromatic heterocycles. The SMILES string of the molecule is CCNC(=O)N1CCSC12C(=O)N(Cc1ccc(C(C)(C)C)cc1)c1ccc(OC)cc12. The molecule has 4 rings (SSSR count). The van der Waals surface area contributed by atoms with Gasteiger partial charge in [-0.2, -0.15) is 0 Å². The summed E-state index contributed by atoms with van der Waals surface area (Å²) in [5.74, 6) is 1.30. The molecule has 0 saturated carbocycles. The molecular weight excluding hydrogens is 422 g/mol. The van der Waals surface area contributed by atoms with E-state index in [0.29, 0.717) is 31.1 Å². The molecule has 6 nitrogen and oxygen atoms in total. The molecule has 32 heavy (non-hydrogen) atoms. The van der Waals surface area contributed by atoms with E-state index in [0.717, 1.165) is 16.8 Å². The smallest absolute Gasteiger partial charge is 0.319 e. The predicted octanol–water partition coefficient (Wildman–Crippen LogP) is 4.47. The summed E-state index contributed by atoms with van der Waals surface area (Å²) >= 11 is 1.52. The van der Waals surface area contributed by atoms with Crippen molar-refractivity contribution >= 4 is 29.4 Å². The lowest BCUT2D eigenvalue weighted by Crippen LogP contribution is -2.53. The van der Waals surface area contributed by atoms with Crippen LogP contribution in [0.4, 0.5) is 10.5 Å². The minimum Gasteiger partial charge on any atom is -0.497 e. The van der Waals surface area contributed by atoms with Gasteiger partial charge in [-0.05, 0) is 41.7 Å². The first-order valence-electron chi connectivity index (χ1n) is 11.0. The van der Waals surface area contributed by atoms with Gasteiger partial charge in [0, 0.05) is 24.4 Å². The summed E-state index contributed by atoms with van der Waals surface area (Å²) in [5.41, 5.74) is 4.03. The second-order valence-electron chi connectivity index (χ2n) is 9.20. The number of carbonyl (C=O) groups is 2. The van der Waals surface area contributed by atoms with Gasteiger partial charge in [0.05, 0.1) is 19.3 Å². The summed E-state index contributed by atoms with van der Waals surface area (Å²) in [6.07, 6.45) is 0. The molecule has 1 unspecified atom stereocenters. The predicted molar refractivity (Wildman–Crippen MR) is 129 cm³/mol. The van der Waals surface area contributed by atoms with Crippen LogP contribution < -0.4 is 15.0 Å². The number of nitrogens with zero attached hydrogens (tertiary/aromatic N) is 2. The van der Waals surface area contributed by atoms with Gasteiger partial charge in [0.15, 0.2) is 4.87 Å². The summed E-state index contributed by atoms with van der Waals surface area (Å²) in [6, 6.07) is 13.9. The number of carbonyl (C=O) groups excluding carboxylic acids is 2. The molecule has 1 N–H and O–H groups in total. The maximum atomic E-state index is 14.0. The number of methoxy groups -OCH3 is 1. The highest BCUT2D eigenvalue weighted by Crippen LogP contribution is 2.55. The Morgan fingerprint density at radius 1 is 1.19 bits per heavy atom. The molecule has 170 valence electrons. The number of rotatable bonds is 4. The first-order chi connectivity index (χ1) is 15.2. The van der Waals surface area contributed by atoms with E-state index in [-0.39, 0.29) is 17.4 Å². The fourth-order valence-electron chi connectivity index (χ4n) is 4.42. The van der Waals surface area contributed by atoms with Crippen LogP contribution in [0.1, 0.15) is 44.4 Å². The van der Waals surface area contributed by atoms with E-state index < -0.39 is 4.87 Å². The van der Waals surface area contributed by atoms with E-state index in [4.69, 9.17) is 4.74 Å². The highest BCUT2D eigenvalue weighted by molar-refractivity contribution is 8.01. The van der Waals surface area contributed by atoms with Crippen molar-refractivity contribution in [3.8, 4) is 5.75 Å². The molecule has 3 amide bonds. The topological polar surface area (TPSA) is 61.9 Å². The maximum Gasteiger partial charge on any atom is 0.319 e. The van der Waals surface area contributed by atoms with E-state index in [1.165, 1.54) is 17.3 Å². The number of hydrogen-bond donors (Lipinski definition) is 1. The second kappa shape index (κ2) is 8.35. The third-order valence-electron chi connectivity index (χ3n) is 6.13. The van der Waals surface area contributed by atoms with E-state index in [1.807, 2.05) is 30.0 Å². The molecule has 2 aromatic carbocycles. The van der Waals surface area contributed by atoms with Gasteiger partial charge in [-0.1, -0.05) is 45.0 Å². The highest BCUT2D eigenvalue weighted by atomic mass is 32.2. The molecule has 2 aromatic rings. The van der Waals surface area contributed by atoms with Crippen molar-refractivity contribution in [2.75, 3.05) is 30.9 Å². The van der Waals surface area contributed by atoms with Gasteiger partial charge in [-0.15, -0.1) is 11.8 Å². The lowest BCUT2D eigenvalue weighted by atomic mass is 9.87. The second-order valence-corrected chi connectivity index (χ2v) is 10.5. The van der Waals surface area contributed by atoms with E-state index >= 15 is 0 Å². The van der Waals surface area contributed by atoms with Crippen LogP contribution in [0.3, 0.4) is 0 Å². The van der Waals surface area contributed by atoms with E-state index in [2.05, 4.69) is 50.4 Å². The number of urea groups is 1. The fraction of sp³-hybridized carbons (Fsp3) is 0.440. The Balaban J connectivity index is 1.74. The molecule has 2 aliphatic rings. The van der Waals surface area contributed by atoms with Crippen molar-refractivity contribution < 1.29 is 14.3 Å². The van der Waals surface area contributed by atoms with Crippen LogP contribution in [0.15, 0.2) is 42.5 Å². The Kier molecular flexibility index (Phi) is 5.88. The van der Waals surface area contributed by atoms with Gasteiger partial charge in [0.2, 0.25) is 0 Å². The van der Waals surface area contributed by atoms with Gasteiger partial charge in [-0.3, -0.25) is 9.69 Å². The van der Waals surface area contributed by atoms with Crippen molar-refractivity contribution in [1.82, 2.24) is 10.2 Å². The van der Waals surface area contributed by atoms with Crippen molar-refractivity contribution in [2.24, 2.45) is 0 Å². The number of thioether (sulfide) groups is 1. The summed E-state index contributed by atoms with van der Waals surface area (Å²) < 4.78 is 5.46. The lowest BCUT2D eigenvalue weighted by Gasteiger charge is -2.33. The van der Waals surface area contributed by atoms with Gasteiger partial charge in [0.25, 0.3) is 5.91 Å². The monoisotopic (exact) mass is 453 g/mol. The highest BCUT2D eigenvalue weighted by Gasteiger charge is 2.59. The standard InChI is InChI=1S/C25H31N3O3S/c1-6-26-23(30)28-13-14-32-25(28)20-15-19(31-5)11-12-21(20)27(22(25)29)16-17-7-9-18(10-8-17)24(2,3)4/h7-12,15H,6,13-14,16H2,1-5H3,(H,26,30). The zero-order valence-electron chi connectivity index (χ0n) is 19.4. The molecule has 0 aliphatic carbocycles. The number of anilines is 1. The van der Waals surface area contributed by atoms with Crippen molar-refractivity contribution in [2.45, 2.75) is 44.5 Å². The molecule has 1 saturated heterocycles. The lowest BCUT2D eigenvalue weighted by molar-refractivity contribution is -0.123. The van der Waals surface area contributed by atoms with Crippen LogP contribution in [-0.4, -0.2) is 42.8 Å². The molecule has 1 fully saturated rings. The minimum absolute atomic E-state index is 0.0723. The van der Waals surface area contributed by atoms with Crippen molar-refractivity contribution in [3.05, 3.63) is 59.2 Å². The molecule has 2 aliphatic heterocycles. The van der Waals surface area contributed by atoms with Gasteiger partial charge >= 0.3 is 6.03 Å². The Hall–Kier alpha value is -2.67. The van der Waals surface area contributed by atoms with Crippen LogP contribution >= 0.6 is 11.8 Å². The van der Waals surface area contributed by atoms with Crippen LogP contribution in [0.2, 0.25) is 0 Å². The zero-order chi connectivity index (χ0) is 23.1.